The first-order valence-electron chi connectivity index (χ1n) is 12.6. The Morgan fingerprint density at radius 2 is 1.67 bits per heavy atom. The molecular formula is C29H41N3O4. The predicted octanol–water partition coefficient (Wildman–Crippen LogP) is 5.83. The molecule has 2 rings (SSSR count). The third-order valence-corrected chi connectivity index (χ3v) is 5.82. The summed E-state index contributed by atoms with van der Waals surface area (Å²) in [5.41, 5.74) is 3.67. The molecule has 196 valence electrons. The summed E-state index contributed by atoms with van der Waals surface area (Å²) in [7, 11) is 0. The van der Waals surface area contributed by atoms with Gasteiger partial charge in [0.25, 0.3) is 5.91 Å². The van der Waals surface area contributed by atoms with Crippen LogP contribution in [0.3, 0.4) is 0 Å². The van der Waals surface area contributed by atoms with Gasteiger partial charge in [0, 0.05) is 12.2 Å². The zero-order valence-corrected chi connectivity index (χ0v) is 22.9. The maximum Gasteiger partial charge on any atom is 0.408 e. The molecule has 0 aliphatic heterocycles. The average molecular weight is 496 g/mol. The predicted molar refractivity (Wildman–Crippen MR) is 144 cm³/mol. The van der Waals surface area contributed by atoms with Crippen molar-refractivity contribution in [3.05, 3.63) is 64.7 Å². The maximum atomic E-state index is 13.8. The Hall–Kier alpha value is -3.35. The SMILES string of the molecule is CCCCN(C(=O)C(C)NC(=O)OC(C)(C)C)C(C(=O)Nc1ccccc1C)c1ccc(C)cc1C. The lowest BCUT2D eigenvalue weighted by atomic mass is 9.96. The fourth-order valence-electron chi connectivity index (χ4n) is 3.99. The molecule has 0 aliphatic rings. The van der Waals surface area contributed by atoms with Crippen molar-refractivity contribution in [1.82, 2.24) is 10.2 Å². The van der Waals surface area contributed by atoms with E-state index in [-0.39, 0.29) is 11.8 Å². The number of carbonyl (C=O) groups excluding carboxylic acids is 3. The van der Waals surface area contributed by atoms with Crippen LogP contribution < -0.4 is 10.6 Å². The number of para-hydroxylation sites is 1. The Balaban J connectivity index is 2.47. The summed E-state index contributed by atoms with van der Waals surface area (Å²) in [6.07, 6.45) is 0.881. The number of carbonyl (C=O) groups is 3. The zero-order chi connectivity index (χ0) is 27.0. The summed E-state index contributed by atoms with van der Waals surface area (Å²) >= 11 is 0. The Morgan fingerprint density at radius 3 is 2.25 bits per heavy atom. The van der Waals surface area contributed by atoms with Crippen molar-refractivity contribution in [3.8, 4) is 0 Å². The molecular weight excluding hydrogens is 454 g/mol. The summed E-state index contributed by atoms with van der Waals surface area (Å²) in [5, 5.41) is 5.67. The Labute approximate surface area is 215 Å². The van der Waals surface area contributed by atoms with Gasteiger partial charge in [0.1, 0.15) is 17.7 Å². The van der Waals surface area contributed by atoms with E-state index >= 15 is 0 Å². The molecule has 2 N–H and O–H groups in total. The van der Waals surface area contributed by atoms with Crippen molar-refractivity contribution in [2.24, 2.45) is 0 Å². The van der Waals surface area contributed by atoms with Crippen LogP contribution in [0.15, 0.2) is 42.5 Å². The molecule has 0 saturated heterocycles. The summed E-state index contributed by atoms with van der Waals surface area (Å²) in [6.45, 7) is 15.2. The number of benzene rings is 2. The molecule has 3 amide bonds. The molecule has 0 spiro atoms. The number of nitrogens with zero attached hydrogens (tertiary/aromatic N) is 1. The van der Waals surface area contributed by atoms with Crippen molar-refractivity contribution in [2.75, 3.05) is 11.9 Å². The maximum absolute atomic E-state index is 13.8. The van der Waals surface area contributed by atoms with Gasteiger partial charge in [-0.1, -0.05) is 55.3 Å². The number of nitrogens with one attached hydrogen (secondary N) is 2. The van der Waals surface area contributed by atoms with Crippen LogP contribution >= 0.6 is 0 Å². The van der Waals surface area contributed by atoms with Crippen molar-refractivity contribution in [2.45, 2.75) is 85.9 Å². The number of ether oxygens (including phenoxy) is 1. The molecule has 0 saturated carbocycles. The first kappa shape index (κ1) is 28.9. The fraction of sp³-hybridized carbons (Fsp3) is 0.483. The molecule has 0 fully saturated rings. The van der Waals surface area contributed by atoms with Gasteiger partial charge >= 0.3 is 6.09 Å². The number of unbranched alkanes of at least 4 members (excludes halogenated alkanes) is 1. The van der Waals surface area contributed by atoms with Crippen LogP contribution in [0.4, 0.5) is 10.5 Å². The topological polar surface area (TPSA) is 87.7 Å². The number of anilines is 1. The van der Waals surface area contributed by atoms with E-state index in [1.165, 1.54) is 0 Å². The second kappa shape index (κ2) is 12.6. The molecule has 0 heterocycles. The van der Waals surface area contributed by atoms with Gasteiger partial charge in [-0.05, 0) is 77.6 Å². The summed E-state index contributed by atoms with van der Waals surface area (Å²) < 4.78 is 5.34. The van der Waals surface area contributed by atoms with Crippen LogP contribution in [0.2, 0.25) is 0 Å². The van der Waals surface area contributed by atoms with E-state index in [9.17, 15) is 14.4 Å². The molecule has 2 aromatic rings. The highest BCUT2D eigenvalue weighted by Crippen LogP contribution is 2.28. The quantitative estimate of drug-likeness (QED) is 0.458. The average Bonchev–Trinajstić information content (AvgIpc) is 2.77. The van der Waals surface area contributed by atoms with Gasteiger partial charge in [0.15, 0.2) is 0 Å². The van der Waals surface area contributed by atoms with Gasteiger partial charge in [-0.15, -0.1) is 0 Å². The first-order chi connectivity index (χ1) is 16.8. The lowest BCUT2D eigenvalue weighted by Gasteiger charge is -2.34. The smallest absolute Gasteiger partial charge is 0.408 e. The minimum absolute atomic E-state index is 0.301. The fourth-order valence-corrected chi connectivity index (χ4v) is 3.99. The summed E-state index contributed by atoms with van der Waals surface area (Å²) in [6, 6.07) is 11.7. The Morgan fingerprint density at radius 1 is 1.00 bits per heavy atom. The monoisotopic (exact) mass is 495 g/mol. The Kier molecular flexibility index (Phi) is 10.1. The van der Waals surface area contributed by atoms with Gasteiger partial charge in [-0.3, -0.25) is 9.59 Å². The van der Waals surface area contributed by atoms with Crippen LogP contribution in [0.5, 0.6) is 0 Å². The molecule has 0 aromatic heterocycles. The standard InChI is InChI=1S/C29H41N3O4/c1-9-10-17-32(27(34)22(5)30-28(35)36-29(6,7)8)25(23-16-15-19(2)18-21(23)4)26(33)31-24-14-12-11-13-20(24)3/h11-16,18,22,25H,9-10,17H2,1-8H3,(H,30,35)(H,31,33). The molecule has 7 heteroatoms. The van der Waals surface area contributed by atoms with E-state index in [1.807, 2.05) is 70.2 Å². The molecule has 0 radical (unpaired) electrons. The molecule has 0 bridgehead atoms. The van der Waals surface area contributed by atoms with Crippen molar-refractivity contribution < 1.29 is 19.1 Å². The first-order valence-corrected chi connectivity index (χ1v) is 12.6. The van der Waals surface area contributed by atoms with Crippen LogP contribution in [0.1, 0.15) is 75.8 Å². The van der Waals surface area contributed by atoms with Gasteiger partial charge in [0.05, 0.1) is 0 Å². The van der Waals surface area contributed by atoms with Gasteiger partial charge in [-0.2, -0.15) is 0 Å². The van der Waals surface area contributed by atoms with Crippen molar-refractivity contribution >= 4 is 23.6 Å². The van der Waals surface area contributed by atoms with Crippen LogP contribution in [0.25, 0.3) is 0 Å². The van der Waals surface area contributed by atoms with E-state index in [0.29, 0.717) is 18.7 Å². The van der Waals surface area contributed by atoms with E-state index in [1.54, 1.807) is 32.6 Å². The third-order valence-electron chi connectivity index (χ3n) is 5.82. The number of hydrogen-bond acceptors (Lipinski definition) is 4. The largest absolute Gasteiger partial charge is 0.444 e. The van der Waals surface area contributed by atoms with Crippen molar-refractivity contribution in [3.63, 3.8) is 0 Å². The molecule has 2 unspecified atom stereocenters. The highest BCUT2D eigenvalue weighted by Gasteiger charge is 2.35. The molecule has 36 heavy (non-hydrogen) atoms. The minimum Gasteiger partial charge on any atom is -0.444 e. The molecule has 2 atom stereocenters. The number of hydrogen-bond donors (Lipinski definition) is 2. The number of alkyl carbamates (subject to hydrolysis) is 1. The normalized spacial score (nSPS) is 12.9. The van der Waals surface area contributed by atoms with E-state index < -0.39 is 23.8 Å². The van der Waals surface area contributed by atoms with E-state index in [2.05, 4.69) is 10.6 Å². The van der Waals surface area contributed by atoms with Gasteiger partial charge < -0.3 is 20.3 Å². The summed E-state index contributed by atoms with van der Waals surface area (Å²) in [4.78, 5) is 41.5. The molecule has 2 aromatic carbocycles. The lowest BCUT2D eigenvalue weighted by Crippen LogP contribution is -2.51. The van der Waals surface area contributed by atoms with E-state index in [4.69, 9.17) is 4.74 Å². The number of aryl methyl sites for hydroxylation is 3. The van der Waals surface area contributed by atoms with Crippen LogP contribution in [-0.4, -0.2) is 41.0 Å². The van der Waals surface area contributed by atoms with Crippen molar-refractivity contribution in [1.29, 1.82) is 0 Å². The second-order valence-electron chi connectivity index (χ2n) is 10.3. The van der Waals surface area contributed by atoms with Crippen LogP contribution in [-0.2, 0) is 14.3 Å². The summed E-state index contributed by atoms with van der Waals surface area (Å²) in [5.74, 6) is -0.649. The van der Waals surface area contributed by atoms with Gasteiger partial charge in [-0.25, -0.2) is 4.79 Å². The van der Waals surface area contributed by atoms with E-state index in [0.717, 1.165) is 28.7 Å². The third kappa shape index (κ3) is 8.11. The highest BCUT2D eigenvalue weighted by atomic mass is 16.6. The number of rotatable bonds is 9. The molecule has 7 nitrogen and oxygen atoms in total. The second-order valence-corrected chi connectivity index (χ2v) is 10.3. The number of amides is 3. The molecule has 0 aliphatic carbocycles. The van der Waals surface area contributed by atoms with Crippen LogP contribution in [0, 0.1) is 20.8 Å². The van der Waals surface area contributed by atoms with Gasteiger partial charge in [0.2, 0.25) is 5.91 Å². The Bertz CT molecular complexity index is 1070. The zero-order valence-electron chi connectivity index (χ0n) is 22.9. The highest BCUT2D eigenvalue weighted by molar-refractivity contribution is 5.99. The lowest BCUT2D eigenvalue weighted by molar-refractivity contribution is -0.140. The minimum atomic E-state index is -0.878.